The van der Waals surface area contributed by atoms with Gasteiger partial charge in [-0.05, 0) is 24.1 Å². The van der Waals surface area contributed by atoms with Gasteiger partial charge in [-0.1, -0.05) is 6.92 Å². The van der Waals surface area contributed by atoms with Crippen molar-refractivity contribution in [3.8, 4) is 11.6 Å². The van der Waals surface area contributed by atoms with Crippen LogP contribution < -0.4 is 15.4 Å². The Labute approximate surface area is 190 Å². The third kappa shape index (κ3) is 3.56. The van der Waals surface area contributed by atoms with E-state index in [-0.39, 0.29) is 17.9 Å². The van der Waals surface area contributed by atoms with Crippen molar-refractivity contribution in [3.63, 3.8) is 0 Å². The van der Waals surface area contributed by atoms with Crippen molar-refractivity contribution in [2.45, 2.75) is 25.9 Å². The SMILES string of the molecule is CC1CC2=C(C=C1Nc1nc(O[C@H]3CCOC3)c3c(ccn3-c3cnn(C)c3)n1)CNC2=O. The second kappa shape index (κ2) is 7.73. The number of aryl methyl sites for hydroxylation is 1. The maximum Gasteiger partial charge on any atom is 0.247 e. The van der Waals surface area contributed by atoms with Crippen molar-refractivity contribution in [1.29, 1.82) is 0 Å². The van der Waals surface area contributed by atoms with Crippen molar-refractivity contribution in [3.05, 3.63) is 47.6 Å². The summed E-state index contributed by atoms with van der Waals surface area (Å²) in [5.74, 6) is 1.17. The molecule has 1 amide bonds. The molecule has 2 atom stereocenters. The fraction of sp³-hybridized carbons (Fsp3) is 0.391. The highest BCUT2D eigenvalue weighted by molar-refractivity contribution is 5.98. The normalized spacial score (nSPS) is 22.5. The molecule has 0 saturated carbocycles. The van der Waals surface area contributed by atoms with Crippen molar-refractivity contribution in [2.24, 2.45) is 13.0 Å². The Morgan fingerprint density at radius 1 is 1.33 bits per heavy atom. The van der Waals surface area contributed by atoms with Gasteiger partial charge < -0.3 is 24.7 Å². The van der Waals surface area contributed by atoms with Crippen LogP contribution in [0.3, 0.4) is 0 Å². The van der Waals surface area contributed by atoms with Crippen LogP contribution in [0.15, 0.2) is 47.6 Å². The number of carbonyl (C=O) groups excluding carboxylic acids is 1. The van der Waals surface area contributed by atoms with Crippen molar-refractivity contribution >= 4 is 22.9 Å². The lowest BCUT2D eigenvalue weighted by Gasteiger charge is -2.22. The van der Waals surface area contributed by atoms with Crippen LogP contribution >= 0.6 is 0 Å². The zero-order chi connectivity index (χ0) is 22.5. The van der Waals surface area contributed by atoms with Crippen LogP contribution in [0.2, 0.25) is 0 Å². The molecule has 5 heterocycles. The lowest BCUT2D eigenvalue weighted by molar-refractivity contribution is -0.116. The first-order valence-corrected chi connectivity index (χ1v) is 11.2. The van der Waals surface area contributed by atoms with Gasteiger partial charge >= 0.3 is 0 Å². The summed E-state index contributed by atoms with van der Waals surface area (Å²) in [6.07, 6.45) is 9.19. The van der Waals surface area contributed by atoms with Crippen molar-refractivity contribution in [1.82, 2.24) is 29.6 Å². The maximum absolute atomic E-state index is 12.0. The monoisotopic (exact) mass is 447 g/mol. The molecule has 170 valence electrons. The first-order chi connectivity index (χ1) is 16.0. The zero-order valence-electron chi connectivity index (χ0n) is 18.5. The molecule has 1 unspecified atom stereocenters. The number of fused-ring (bicyclic) bond motifs is 1. The maximum atomic E-state index is 12.0. The average molecular weight is 447 g/mol. The highest BCUT2D eigenvalue weighted by Crippen LogP contribution is 2.34. The largest absolute Gasteiger partial charge is 0.470 e. The molecule has 1 fully saturated rings. The van der Waals surface area contributed by atoms with Gasteiger partial charge in [0.1, 0.15) is 11.6 Å². The van der Waals surface area contributed by atoms with Gasteiger partial charge in [0.15, 0.2) is 0 Å². The Morgan fingerprint density at radius 3 is 3.03 bits per heavy atom. The van der Waals surface area contributed by atoms with Crippen molar-refractivity contribution < 1.29 is 14.3 Å². The van der Waals surface area contributed by atoms with E-state index in [4.69, 9.17) is 19.4 Å². The van der Waals surface area contributed by atoms with Gasteiger partial charge in [0.2, 0.25) is 17.7 Å². The van der Waals surface area contributed by atoms with Crippen LogP contribution in [0.4, 0.5) is 5.95 Å². The van der Waals surface area contributed by atoms with Crippen LogP contribution in [0.1, 0.15) is 19.8 Å². The molecular weight excluding hydrogens is 422 g/mol. The first kappa shape index (κ1) is 20.0. The summed E-state index contributed by atoms with van der Waals surface area (Å²) >= 11 is 0. The van der Waals surface area contributed by atoms with Crippen LogP contribution in [-0.4, -0.2) is 56.1 Å². The number of hydrogen-bond acceptors (Lipinski definition) is 7. The molecule has 0 bridgehead atoms. The number of hydrogen-bond donors (Lipinski definition) is 2. The highest BCUT2D eigenvalue weighted by Gasteiger charge is 2.29. The summed E-state index contributed by atoms with van der Waals surface area (Å²) in [4.78, 5) is 21.6. The molecule has 3 aromatic rings. The van der Waals surface area contributed by atoms with Gasteiger partial charge in [0.25, 0.3) is 0 Å². The first-order valence-electron chi connectivity index (χ1n) is 11.2. The molecule has 1 aliphatic carbocycles. The van der Waals surface area contributed by atoms with Gasteiger partial charge in [-0.2, -0.15) is 10.1 Å². The average Bonchev–Trinajstić information content (AvgIpc) is 3.58. The third-order valence-corrected chi connectivity index (χ3v) is 6.37. The van der Waals surface area contributed by atoms with Crippen molar-refractivity contribution in [2.75, 3.05) is 25.1 Å². The molecule has 0 radical (unpaired) electrons. The van der Waals surface area contributed by atoms with E-state index in [1.54, 1.807) is 10.9 Å². The predicted octanol–water partition coefficient (Wildman–Crippen LogP) is 2.08. The molecule has 2 N–H and O–H groups in total. The van der Waals surface area contributed by atoms with E-state index in [1.165, 1.54) is 0 Å². The number of carbonyl (C=O) groups is 1. The lowest BCUT2D eigenvalue weighted by atomic mass is 9.89. The van der Waals surface area contributed by atoms with Crippen LogP contribution in [-0.2, 0) is 16.6 Å². The number of nitrogens with one attached hydrogen (secondary N) is 2. The van der Waals surface area contributed by atoms with Crippen LogP contribution in [0, 0.1) is 5.92 Å². The number of rotatable bonds is 5. The fourth-order valence-electron chi connectivity index (χ4n) is 4.59. The van der Waals surface area contributed by atoms with E-state index in [0.29, 0.717) is 38.0 Å². The topological polar surface area (TPSA) is 108 Å². The van der Waals surface area contributed by atoms with E-state index in [0.717, 1.165) is 40.0 Å². The summed E-state index contributed by atoms with van der Waals surface area (Å²) in [6, 6.07) is 1.95. The van der Waals surface area contributed by atoms with Crippen LogP contribution in [0.25, 0.3) is 16.7 Å². The van der Waals surface area contributed by atoms with E-state index in [9.17, 15) is 4.79 Å². The molecular formula is C23H25N7O3. The summed E-state index contributed by atoms with van der Waals surface area (Å²) in [5.41, 5.74) is 5.37. The standard InChI is InChI=1S/C23H25N7O3/c1-13-7-17-14(9-24-21(17)31)8-19(13)27-23-26-18-3-5-30(15-10-25-29(2)11-15)20(18)22(28-23)33-16-4-6-32-12-16/h3,5,8,10-11,13,16H,4,6-7,9,12H2,1-2H3,(H,24,31)(H,26,27,28)/t13?,16-/m0/s1. The number of allylic oxidation sites excluding steroid dienone is 1. The van der Waals surface area contributed by atoms with Gasteiger partial charge in [-0.15, -0.1) is 0 Å². The van der Waals surface area contributed by atoms with E-state index >= 15 is 0 Å². The molecule has 2 aliphatic heterocycles. The minimum atomic E-state index is -0.0516. The fourth-order valence-corrected chi connectivity index (χ4v) is 4.59. The minimum absolute atomic E-state index is 0.0380. The van der Waals surface area contributed by atoms with E-state index in [1.807, 2.05) is 36.2 Å². The summed E-state index contributed by atoms with van der Waals surface area (Å²) < 4.78 is 15.6. The molecule has 10 nitrogen and oxygen atoms in total. The highest BCUT2D eigenvalue weighted by atomic mass is 16.5. The Morgan fingerprint density at radius 2 is 2.24 bits per heavy atom. The second-order valence-corrected chi connectivity index (χ2v) is 8.76. The zero-order valence-corrected chi connectivity index (χ0v) is 18.5. The predicted molar refractivity (Wildman–Crippen MR) is 121 cm³/mol. The quantitative estimate of drug-likeness (QED) is 0.617. The van der Waals surface area contributed by atoms with E-state index < -0.39 is 0 Å². The minimum Gasteiger partial charge on any atom is -0.470 e. The van der Waals surface area contributed by atoms with Crippen LogP contribution in [0.5, 0.6) is 5.88 Å². The summed E-state index contributed by atoms with van der Waals surface area (Å²) in [6.45, 7) is 3.89. The van der Waals surface area contributed by atoms with Gasteiger partial charge in [0.05, 0.1) is 30.6 Å². The Hall–Kier alpha value is -3.66. The molecule has 33 heavy (non-hydrogen) atoms. The number of ether oxygens (including phenoxy) is 2. The van der Waals surface area contributed by atoms with E-state index in [2.05, 4.69) is 22.7 Å². The summed E-state index contributed by atoms with van der Waals surface area (Å²) in [5, 5.41) is 10.6. The number of anilines is 1. The summed E-state index contributed by atoms with van der Waals surface area (Å²) in [7, 11) is 1.88. The van der Waals surface area contributed by atoms with Gasteiger partial charge in [-0.25, -0.2) is 4.98 Å². The number of aromatic nitrogens is 5. The molecule has 0 spiro atoms. The molecule has 1 saturated heterocycles. The smallest absolute Gasteiger partial charge is 0.247 e. The second-order valence-electron chi connectivity index (χ2n) is 8.76. The molecule has 3 aromatic heterocycles. The molecule has 6 rings (SSSR count). The molecule has 3 aliphatic rings. The lowest BCUT2D eigenvalue weighted by Crippen LogP contribution is -2.20. The van der Waals surface area contributed by atoms with Gasteiger partial charge in [0, 0.05) is 49.6 Å². The van der Waals surface area contributed by atoms with Gasteiger partial charge in [-0.3, -0.25) is 9.48 Å². The Bertz CT molecular complexity index is 1310. The number of amides is 1. The Kier molecular flexibility index (Phi) is 4.68. The molecule has 10 heteroatoms. The third-order valence-electron chi connectivity index (χ3n) is 6.37. The Balaban J connectivity index is 1.40. The number of nitrogens with zero attached hydrogens (tertiary/aromatic N) is 5. The molecule has 0 aromatic carbocycles.